The summed E-state index contributed by atoms with van der Waals surface area (Å²) in [6.45, 7) is 4.84. The number of nitrogens with one attached hydrogen (secondary N) is 1. The summed E-state index contributed by atoms with van der Waals surface area (Å²) in [4.78, 5) is 0. The average Bonchev–Trinajstić information content (AvgIpc) is 2.72. The van der Waals surface area contributed by atoms with Gasteiger partial charge in [-0.2, -0.15) is 0 Å². The fraction of sp³-hybridized carbons (Fsp3) is 1.00. The van der Waals surface area contributed by atoms with Crippen LogP contribution in [0.1, 0.15) is 104 Å². The molecule has 5 N–H and O–H groups in total. The van der Waals surface area contributed by atoms with Crippen molar-refractivity contribution in [2.75, 3.05) is 13.2 Å². The van der Waals surface area contributed by atoms with Gasteiger partial charge in [-0.05, 0) is 18.9 Å². The Morgan fingerprint density at radius 1 is 0.700 bits per heavy atom. The Labute approximate surface area is 184 Å². The molecule has 1 heterocycles. The van der Waals surface area contributed by atoms with E-state index in [1.54, 1.807) is 0 Å². The van der Waals surface area contributed by atoms with Gasteiger partial charge in [-0.25, -0.2) is 0 Å². The molecule has 1 saturated heterocycles. The summed E-state index contributed by atoms with van der Waals surface area (Å²) in [5.74, 6) is 0.850. The third-order valence-electron chi connectivity index (χ3n) is 6.24. The van der Waals surface area contributed by atoms with E-state index in [0.29, 0.717) is 6.54 Å². The maximum atomic E-state index is 10.1. The molecule has 1 fully saturated rings. The lowest BCUT2D eigenvalue weighted by Crippen LogP contribution is -2.63. The van der Waals surface area contributed by atoms with Crippen molar-refractivity contribution in [1.29, 1.82) is 0 Å². The largest absolute Gasteiger partial charge is 0.394 e. The molecular weight excluding hydrogens is 382 g/mol. The van der Waals surface area contributed by atoms with Crippen LogP contribution in [0.15, 0.2) is 0 Å². The van der Waals surface area contributed by atoms with Crippen molar-refractivity contribution in [2.45, 2.75) is 134 Å². The van der Waals surface area contributed by atoms with Gasteiger partial charge in [0.05, 0.1) is 12.6 Å². The van der Waals surface area contributed by atoms with Gasteiger partial charge in [0.1, 0.15) is 18.3 Å². The minimum atomic E-state index is -1.22. The van der Waals surface area contributed by atoms with E-state index in [0.717, 1.165) is 18.8 Å². The van der Waals surface area contributed by atoms with Crippen LogP contribution in [0.5, 0.6) is 0 Å². The van der Waals surface area contributed by atoms with Gasteiger partial charge in [0.2, 0.25) is 0 Å². The lowest BCUT2D eigenvalue weighted by Gasteiger charge is -2.40. The van der Waals surface area contributed by atoms with Crippen molar-refractivity contribution in [1.82, 2.24) is 5.32 Å². The number of ether oxygens (including phenoxy) is 1. The Hall–Kier alpha value is -0.240. The van der Waals surface area contributed by atoms with E-state index in [1.807, 2.05) is 0 Å². The predicted octanol–water partition coefficient (Wildman–Crippen LogP) is 3.49. The van der Waals surface area contributed by atoms with Gasteiger partial charge in [0.15, 0.2) is 6.29 Å². The molecule has 0 spiro atoms. The zero-order valence-electron chi connectivity index (χ0n) is 19.5. The van der Waals surface area contributed by atoms with Gasteiger partial charge >= 0.3 is 0 Å². The molecule has 0 aromatic carbocycles. The third kappa shape index (κ3) is 12.0. The lowest BCUT2D eigenvalue weighted by atomic mass is 9.97. The predicted molar refractivity (Wildman–Crippen MR) is 121 cm³/mol. The zero-order valence-corrected chi connectivity index (χ0v) is 19.5. The molecule has 30 heavy (non-hydrogen) atoms. The monoisotopic (exact) mass is 431 g/mol. The molecule has 1 aliphatic heterocycles. The van der Waals surface area contributed by atoms with E-state index in [9.17, 15) is 15.3 Å². The summed E-state index contributed by atoms with van der Waals surface area (Å²) in [7, 11) is 0. The van der Waals surface area contributed by atoms with Crippen molar-refractivity contribution in [3.8, 4) is 0 Å². The van der Waals surface area contributed by atoms with Crippen molar-refractivity contribution in [3.05, 3.63) is 0 Å². The highest BCUT2D eigenvalue weighted by Gasteiger charge is 2.43. The van der Waals surface area contributed by atoms with Crippen LogP contribution in [-0.4, -0.2) is 64.2 Å². The van der Waals surface area contributed by atoms with Gasteiger partial charge in [-0.3, -0.25) is 0 Å². The second-order valence-corrected chi connectivity index (χ2v) is 9.49. The summed E-state index contributed by atoms with van der Waals surface area (Å²) < 4.78 is 5.15. The fourth-order valence-corrected chi connectivity index (χ4v) is 4.21. The van der Waals surface area contributed by atoms with Crippen LogP contribution in [0.4, 0.5) is 0 Å². The highest BCUT2D eigenvalue weighted by molar-refractivity contribution is 4.92. The molecule has 1 unspecified atom stereocenters. The van der Waals surface area contributed by atoms with Crippen LogP contribution in [0.2, 0.25) is 0 Å². The van der Waals surface area contributed by atoms with Crippen LogP contribution in [0.25, 0.3) is 0 Å². The first-order chi connectivity index (χ1) is 14.5. The minimum absolute atomic E-state index is 0.430. The average molecular weight is 432 g/mol. The Kier molecular flexibility index (Phi) is 16.1. The molecule has 0 aromatic rings. The Bertz CT molecular complexity index is 396. The number of unbranched alkanes of at least 4 members (excludes halogenated alkanes) is 12. The number of rotatable bonds is 18. The molecule has 6 heteroatoms. The third-order valence-corrected chi connectivity index (χ3v) is 6.24. The summed E-state index contributed by atoms with van der Waals surface area (Å²) in [6.07, 6.45) is 13.8. The van der Waals surface area contributed by atoms with Crippen LogP contribution < -0.4 is 5.32 Å². The second kappa shape index (κ2) is 17.3. The van der Waals surface area contributed by atoms with E-state index in [-0.39, 0.29) is 0 Å². The zero-order chi connectivity index (χ0) is 22.2. The summed E-state index contributed by atoms with van der Waals surface area (Å²) in [5.41, 5.74) is 0. The topological polar surface area (TPSA) is 102 Å². The van der Waals surface area contributed by atoms with Gasteiger partial charge in [-0.15, -0.1) is 0 Å². The molecule has 180 valence electrons. The minimum Gasteiger partial charge on any atom is -0.394 e. The van der Waals surface area contributed by atoms with Gasteiger partial charge in [0.25, 0.3) is 0 Å². The molecule has 0 aliphatic carbocycles. The molecule has 0 radical (unpaired) electrons. The molecule has 1 rings (SSSR count). The first kappa shape index (κ1) is 27.8. The molecular formula is C24H49NO5. The summed E-state index contributed by atoms with van der Waals surface area (Å²) >= 11 is 0. The van der Waals surface area contributed by atoms with E-state index in [2.05, 4.69) is 19.2 Å². The molecule has 0 amide bonds. The quantitative estimate of drug-likeness (QED) is 0.213. The van der Waals surface area contributed by atoms with Crippen molar-refractivity contribution >= 4 is 0 Å². The van der Waals surface area contributed by atoms with Crippen molar-refractivity contribution in [3.63, 3.8) is 0 Å². The Balaban J connectivity index is 1.87. The van der Waals surface area contributed by atoms with Crippen molar-refractivity contribution in [2.24, 2.45) is 5.92 Å². The summed E-state index contributed by atoms with van der Waals surface area (Å²) in [5, 5.41) is 42.1. The van der Waals surface area contributed by atoms with Crippen LogP contribution >= 0.6 is 0 Å². The number of hydrogen-bond acceptors (Lipinski definition) is 6. The second-order valence-electron chi connectivity index (χ2n) is 9.49. The standard InChI is InChI=1S/C24H49NO5/c1-19(2)16-14-12-10-8-6-4-3-5-7-9-11-13-15-17-25-21-23(28)22(27)20(18-26)30-24(21)29/h19-29H,3-18H2,1-2H3/t20-,21-,22-,23-,24?/m1/s1. The van der Waals surface area contributed by atoms with E-state index >= 15 is 0 Å². The molecule has 0 bridgehead atoms. The van der Waals surface area contributed by atoms with Crippen LogP contribution in [0, 0.1) is 5.92 Å². The first-order valence-corrected chi connectivity index (χ1v) is 12.5. The van der Waals surface area contributed by atoms with Gasteiger partial charge < -0.3 is 30.5 Å². The maximum absolute atomic E-state index is 10.1. The van der Waals surface area contributed by atoms with E-state index < -0.39 is 37.3 Å². The lowest BCUT2D eigenvalue weighted by molar-refractivity contribution is -0.254. The highest BCUT2D eigenvalue weighted by Crippen LogP contribution is 2.20. The number of aliphatic hydroxyl groups excluding tert-OH is 4. The number of aliphatic hydroxyl groups is 4. The fourth-order valence-electron chi connectivity index (χ4n) is 4.21. The molecule has 6 nitrogen and oxygen atoms in total. The Morgan fingerprint density at radius 2 is 1.17 bits per heavy atom. The molecule has 5 atom stereocenters. The summed E-state index contributed by atoms with van der Waals surface area (Å²) in [6, 6.07) is -0.724. The SMILES string of the molecule is CC(C)CCCCCCCCCCCCCCCN[C@H]1C(O)O[C@H](CO)[C@@H](O)[C@@H]1O. The normalized spacial score (nSPS) is 27.1. The number of hydrogen-bond donors (Lipinski definition) is 5. The smallest absolute Gasteiger partial charge is 0.173 e. The van der Waals surface area contributed by atoms with Crippen LogP contribution in [-0.2, 0) is 4.74 Å². The molecule has 0 saturated carbocycles. The van der Waals surface area contributed by atoms with E-state index in [4.69, 9.17) is 9.84 Å². The molecule has 1 aliphatic rings. The van der Waals surface area contributed by atoms with Crippen LogP contribution in [0.3, 0.4) is 0 Å². The highest BCUT2D eigenvalue weighted by atomic mass is 16.6. The van der Waals surface area contributed by atoms with Gasteiger partial charge in [-0.1, -0.05) is 97.3 Å². The Morgan fingerprint density at radius 3 is 1.63 bits per heavy atom. The molecule has 0 aromatic heterocycles. The van der Waals surface area contributed by atoms with E-state index in [1.165, 1.54) is 77.0 Å². The first-order valence-electron chi connectivity index (χ1n) is 12.5. The van der Waals surface area contributed by atoms with Gasteiger partial charge in [0, 0.05) is 0 Å². The maximum Gasteiger partial charge on any atom is 0.173 e. The van der Waals surface area contributed by atoms with Crippen molar-refractivity contribution < 1.29 is 25.2 Å².